The minimum atomic E-state index is 0.321. The summed E-state index contributed by atoms with van der Waals surface area (Å²) in [4.78, 5) is 4.38. The first-order valence-corrected chi connectivity index (χ1v) is 7.34. The van der Waals surface area contributed by atoms with E-state index in [-0.39, 0.29) is 0 Å². The highest BCUT2D eigenvalue weighted by Gasteiger charge is 2.14. The SMILES string of the molecule is CNC(Cc1nc(COc2ccccc2)no1)CC(C)C. The van der Waals surface area contributed by atoms with Crippen molar-refractivity contribution in [3.63, 3.8) is 0 Å². The molecule has 1 heterocycles. The molecule has 0 spiro atoms. The number of nitrogens with one attached hydrogen (secondary N) is 1. The van der Waals surface area contributed by atoms with Gasteiger partial charge in [-0.3, -0.25) is 0 Å². The van der Waals surface area contributed by atoms with Gasteiger partial charge in [-0.1, -0.05) is 37.2 Å². The summed E-state index contributed by atoms with van der Waals surface area (Å²) < 4.78 is 10.9. The first kappa shape index (κ1) is 15.5. The van der Waals surface area contributed by atoms with Crippen LogP contribution in [0, 0.1) is 5.92 Å². The largest absolute Gasteiger partial charge is 0.485 e. The van der Waals surface area contributed by atoms with Gasteiger partial charge in [0.25, 0.3) is 0 Å². The van der Waals surface area contributed by atoms with Crippen LogP contribution in [-0.4, -0.2) is 23.2 Å². The zero-order chi connectivity index (χ0) is 15.1. The van der Waals surface area contributed by atoms with E-state index in [1.54, 1.807) is 0 Å². The minimum Gasteiger partial charge on any atom is -0.485 e. The minimum absolute atomic E-state index is 0.321. The second kappa shape index (κ2) is 7.78. The first-order chi connectivity index (χ1) is 10.2. The van der Waals surface area contributed by atoms with Gasteiger partial charge in [-0.25, -0.2) is 0 Å². The Kier molecular flexibility index (Phi) is 5.75. The van der Waals surface area contributed by atoms with Gasteiger partial charge in [0.1, 0.15) is 5.75 Å². The van der Waals surface area contributed by atoms with Crippen LogP contribution in [0.2, 0.25) is 0 Å². The average Bonchev–Trinajstić information content (AvgIpc) is 2.92. The van der Waals surface area contributed by atoms with Crippen molar-refractivity contribution in [1.82, 2.24) is 15.5 Å². The third-order valence-corrected chi connectivity index (χ3v) is 3.21. The molecule has 0 saturated heterocycles. The maximum Gasteiger partial charge on any atom is 0.228 e. The summed E-state index contributed by atoms with van der Waals surface area (Å²) in [5.74, 6) is 2.66. The number of nitrogens with zero attached hydrogens (tertiary/aromatic N) is 2. The van der Waals surface area contributed by atoms with Crippen LogP contribution >= 0.6 is 0 Å². The third kappa shape index (κ3) is 5.19. The van der Waals surface area contributed by atoms with Gasteiger partial charge in [0.05, 0.1) is 0 Å². The monoisotopic (exact) mass is 289 g/mol. The van der Waals surface area contributed by atoms with Crippen LogP contribution in [0.25, 0.3) is 0 Å². The predicted octanol–water partition coefficient (Wildman–Crippen LogP) is 2.83. The number of hydrogen-bond donors (Lipinski definition) is 1. The van der Waals surface area contributed by atoms with E-state index in [0.29, 0.717) is 30.3 Å². The molecular formula is C16H23N3O2. The van der Waals surface area contributed by atoms with Gasteiger partial charge in [-0.2, -0.15) is 4.98 Å². The molecule has 1 aromatic heterocycles. The van der Waals surface area contributed by atoms with Crippen LogP contribution in [0.5, 0.6) is 5.75 Å². The van der Waals surface area contributed by atoms with E-state index in [4.69, 9.17) is 9.26 Å². The van der Waals surface area contributed by atoms with Crippen molar-refractivity contribution in [2.45, 2.75) is 39.3 Å². The maximum absolute atomic E-state index is 5.60. The highest BCUT2D eigenvalue weighted by atomic mass is 16.5. The third-order valence-electron chi connectivity index (χ3n) is 3.21. The molecule has 0 amide bonds. The number of aromatic nitrogens is 2. The molecule has 114 valence electrons. The zero-order valence-electron chi connectivity index (χ0n) is 12.9. The van der Waals surface area contributed by atoms with Crippen molar-refractivity contribution in [3.05, 3.63) is 42.0 Å². The standard InChI is InChI=1S/C16H23N3O2/c1-12(2)9-13(17-3)10-16-18-15(19-21-16)11-20-14-7-5-4-6-8-14/h4-8,12-13,17H,9-11H2,1-3H3. The summed E-state index contributed by atoms with van der Waals surface area (Å²) in [5.41, 5.74) is 0. The van der Waals surface area contributed by atoms with Crippen LogP contribution in [0.15, 0.2) is 34.9 Å². The first-order valence-electron chi connectivity index (χ1n) is 7.34. The van der Waals surface area contributed by atoms with Crippen molar-refractivity contribution < 1.29 is 9.26 Å². The summed E-state index contributed by atoms with van der Waals surface area (Å²) in [7, 11) is 1.96. The highest BCUT2D eigenvalue weighted by Crippen LogP contribution is 2.12. The molecule has 0 aliphatic heterocycles. The van der Waals surface area contributed by atoms with Crippen LogP contribution in [0.4, 0.5) is 0 Å². The molecule has 1 aromatic carbocycles. The molecule has 5 heteroatoms. The quantitative estimate of drug-likeness (QED) is 0.809. The molecule has 1 atom stereocenters. The van der Waals surface area contributed by atoms with E-state index in [1.807, 2.05) is 37.4 Å². The molecule has 0 aliphatic rings. The molecule has 0 saturated carbocycles. The van der Waals surface area contributed by atoms with Gasteiger partial charge in [0, 0.05) is 12.5 Å². The lowest BCUT2D eigenvalue weighted by molar-refractivity contribution is 0.284. The number of rotatable bonds is 8. The lowest BCUT2D eigenvalue weighted by Crippen LogP contribution is -2.29. The fraction of sp³-hybridized carbons (Fsp3) is 0.500. The fourth-order valence-electron chi connectivity index (χ4n) is 2.18. The van der Waals surface area contributed by atoms with Crippen molar-refractivity contribution in [2.75, 3.05) is 7.05 Å². The van der Waals surface area contributed by atoms with E-state index in [2.05, 4.69) is 29.3 Å². The molecule has 0 bridgehead atoms. The average molecular weight is 289 g/mol. The normalized spacial score (nSPS) is 12.6. The van der Waals surface area contributed by atoms with Crippen LogP contribution < -0.4 is 10.1 Å². The Bertz CT molecular complexity index is 525. The number of hydrogen-bond acceptors (Lipinski definition) is 5. The number of ether oxygens (including phenoxy) is 1. The lowest BCUT2D eigenvalue weighted by atomic mass is 10.0. The molecule has 0 fully saturated rings. The van der Waals surface area contributed by atoms with Crippen molar-refractivity contribution in [1.29, 1.82) is 0 Å². The summed E-state index contributed by atoms with van der Waals surface area (Å²) in [6.07, 6.45) is 1.82. The topological polar surface area (TPSA) is 60.2 Å². The van der Waals surface area contributed by atoms with Gasteiger partial charge in [0.15, 0.2) is 6.61 Å². The highest BCUT2D eigenvalue weighted by molar-refractivity contribution is 5.20. The Labute approximate surface area is 125 Å². The number of benzene rings is 1. The molecule has 2 rings (SSSR count). The molecule has 2 aromatic rings. The Morgan fingerprint density at radius 1 is 1.24 bits per heavy atom. The van der Waals surface area contributed by atoms with Gasteiger partial charge in [-0.15, -0.1) is 0 Å². The summed E-state index contributed by atoms with van der Waals surface area (Å²) in [6.45, 7) is 4.73. The fourth-order valence-corrected chi connectivity index (χ4v) is 2.18. The van der Waals surface area contributed by atoms with Crippen LogP contribution in [-0.2, 0) is 13.0 Å². The summed E-state index contributed by atoms with van der Waals surface area (Å²) >= 11 is 0. The smallest absolute Gasteiger partial charge is 0.228 e. The van der Waals surface area contributed by atoms with Crippen molar-refractivity contribution in [2.24, 2.45) is 5.92 Å². The molecule has 21 heavy (non-hydrogen) atoms. The maximum atomic E-state index is 5.60. The van der Waals surface area contributed by atoms with Gasteiger partial charge < -0.3 is 14.6 Å². The molecule has 1 N–H and O–H groups in total. The van der Waals surface area contributed by atoms with Gasteiger partial charge in [0.2, 0.25) is 11.7 Å². The van der Waals surface area contributed by atoms with Crippen molar-refractivity contribution in [3.8, 4) is 5.75 Å². The lowest BCUT2D eigenvalue weighted by Gasteiger charge is -2.15. The van der Waals surface area contributed by atoms with E-state index >= 15 is 0 Å². The zero-order valence-corrected chi connectivity index (χ0v) is 12.9. The Morgan fingerprint density at radius 2 is 2.00 bits per heavy atom. The van der Waals surface area contributed by atoms with Crippen LogP contribution in [0.1, 0.15) is 32.0 Å². The summed E-state index contributed by atoms with van der Waals surface area (Å²) in [6, 6.07) is 9.97. The molecular weight excluding hydrogens is 266 g/mol. The molecule has 5 nitrogen and oxygen atoms in total. The predicted molar refractivity (Wildman–Crippen MR) is 81.1 cm³/mol. The number of para-hydroxylation sites is 1. The van der Waals surface area contributed by atoms with E-state index in [0.717, 1.165) is 18.6 Å². The second-order valence-electron chi connectivity index (χ2n) is 5.53. The molecule has 0 radical (unpaired) electrons. The molecule has 1 unspecified atom stereocenters. The van der Waals surface area contributed by atoms with E-state index in [1.165, 1.54) is 0 Å². The Balaban J connectivity index is 1.86. The van der Waals surface area contributed by atoms with Crippen molar-refractivity contribution >= 4 is 0 Å². The van der Waals surface area contributed by atoms with Gasteiger partial charge in [-0.05, 0) is 31.5 Å². The Hall–Kier alpha value is -1.88. The second-order valence-corrected chi connectivity index (χ2v) is 5.53. The van der Waals surface area contributed by atoms with Gasteiger partial charge >= 0.3 is 0 Å². The summed E-state index contributed by atoms with van der Waals surface area (Å²) in [5, 5.41) is 7.25. The van der Waals surface area contributed by atoms with E-state index in [9.17, 15) is 0 Å². The Morgan fingerprint density at radius 3 is 2.67 bits per heavy atom. The number of likely N-dealkylation sites (N-methyl/N-ethyl adjacent to an activating group) is 1. The van der Waals surface area contributed by atoms with E-state index < -0.39 is 0 Å². The van der Waals surface area contributed by atoms with Crippen LogP contribution in [0.3, 0.4) is 0 Å². The molecule has 0 aliphatic carbocycles.